The van der Waals surface area contributed by atoms with Crippen LogP contribution in [0, 0.1) is 6.92 Å². The zero-order chi connectivity index (χ0) is 24.2. The van der Waals surface area contributed by atoms with Crippen molar-refractivity contribution < 1.29 is 19.0 Å². The molecule has 0 aliphatic carbocycles. The molecule has 1 aromatic heterocycles. The van der Waals surface area contributed by atoms with Crippen molar-refractivity contribution in [1.29, 1.82) is 0 Å². The van der Waals surface area contributed by atoms with Gasteiger partial charge < -0.3 is 19.5 Å². The number of thioether (sulfide) groups is 1. The lowest BCUT2D eigenvalue weighted by molar-refractivity contribution is -0.136. The van der Waals surface area contributed by atoms with Crippen LogP contribution in [0.5, 0.6) is 11.5 Å². The Hall–Kier alpha value is -3.46. The zero-order valence-electron chi connectivity index (χ0n) is 19.9. The Kier molecular flexibility index (Phi) is 7.12. The van der Waals surface area contributed by atoms with Crippen molar-refractivity contribution in [2.24, 2.45) is 0 Å². The first kappa shape index (κ1) is 23.7. The van der Waals surface area contributed by atoms with Crippen molar-refractivity contribution in [2.45, 2.75) is 38.6 Å². The Bertz CT molecular complexity index is 1220. The van der Waals surface area contributed by atoms with Gasteiger partial charge in [0.1, 0.15) is 12.6 Å². The lowest BCUT2D eigenvalue weighted by Crippen LogP contribution is -2.29. The van der Waals surface area contributed by atoms with E-state index in [4.69, 9.17) is 14.2 Å². The molecular weight excluding hydrogens is 452 g/mol. The quantitative estimate of drug-likeness (QED) is 0.365. The predicted molar refractivity (Wildman–Crippen MR) is 131 cm³/mol. The first-order valence-corrected chi connectivity index (χ1v) is 12.0. The normalized spacial score (nSPS) is 14.9. The highest BCUT2D eigenvalue weighted by Gasteiger charge is 2.35. The molecule has 0 fully saturated rings. The summed E-state index contributed by atoms with van der Waals surface area (Å²) in [4.78, 5) is 17.3. The topological polar surface area (TPSA) is 87.5 Å². The molecule has 1 aliphatic heterocycles. The molecule has 0 saturated carbocycles. The van der Waals surface area contributed by atoms with Crippen LogP contribution >= 0.6 is 11.8 Å². The Balaban J connectivity index is 1.70. The molecule has 178 valence electrons. The number of nitrogens with one attached hydrogen (secondary N) is 1. The van der Waals surface area contributed by atoms with Gasteiger partial charge in [-0.15, -0.1) is 5.10 Å². The number of ether oxygens (including phenoxy) is 3. The second-order valence-corrected chi connectivity index (χ2v) is 9.07. The second-order valence-electron chi connectivity index (χ2n) is 7.84. The highest BCUT2D eigenvalue weighted by atomic mass is 32.2. The monoisotopic (exact) mass is 480 g/mol. The summed E-state index contributed by atoms with van der Waals surface area (Å²) in [5.74, 6) is 2.16. The number of carbonyl (C=O) groups is 1. The molecule has 1 unspecified atom stereocenters. The van der Waals surface area contributed by atoms with E-state index in [-0.39, 0.29) is 0 Å². The van der Waals surface area contributed by atoms with E-state index in [0.717, 1.165) is 16.9 Å². The summed E-state index contributed by atoms with van der Waals surface area (Å²) in [6.45, 7) is 6.34. The first-order chi connectivity index (χ1) is 16.4. The van der Waals surface area contributed by atoms with Crippen LogP contribution in [0.2, 0.25) is 0 Å². The highest BCUT2D eigenvalue weighted by molar-refractivity contribution is 7.99. The molecule has 2 aromatic carbocycles. The highest BCUT2D eigenvalue weighted by Crippen LogP contribution is 2.39. The van der Waals surface area contributed by atoms with Gasteiger partial charge in [-0.25, -0.2) is 9.48 Å². The second kappa shape index (κ2) is 10.2. The van der Waals surface area contributed by atoms with Crippen molar-refractivity contribution in [1.82, 2.24) is 14.8 Å². The Morgan fingerprint density at radius 2 is 1.88 bits per heavy atom. The van der Waals surface area contributed by atoms with Gasteiger partial charge in [-0.1, -0.05) is 54.6 Å². The van der Waals surface area contributed by atoms with Crippen LogP contribution in [-0.2, 0) is 16.1 Å². The van der Waals surface area contributed by atoms with Gasteiger partial charge in [0, 0.05) is 5.70 Å². The van der Waals surface area contributed by atoms with E-state index >= 15 is 0 Å². The minimum absolute atomic E-state index is 0.417. The number of esters is 1. The maximum absolute atomic E-state index is 12.8. The number of aromatic nitrogens is 3. The fraction of sp³-hybridized carbons (Fsp3) is 0.320. The molecule has 0 saturated heterocycles. The number of methoxy groups -OCH3 is 2. The van der Waals surface area contributed by atoms with Crippen LogP contribution < -0.4 is 14.8 Å². The molecule has 8 nitrogen and oxygen atoms in total. The van der Waals surface area contributed by atoms with Crippen LogP contribution in [0.3, 0.4) is 0 Å². The summed E-state index contributed by atoms with van der Waals surface area (Å²) in [7, 11) is 2.97. The molecule has 34 heavy (non-hydrogen) atoms. The van der Waals surface area contributed by atoms with Gasteiger partial charge in [-0.05, 0) is 42.9 Å². The number of benzene rings is 2. The zero-order valence-corrected chi connectivity index (χ0v) is 20.7. The predicted octanol–water partition coefficient (Wildman–Crippen LogP) is 4.75. The van der Waals surface area contributed by atoms with Gasteiger partial charge in [0.25, 0.3) is 0 Å². The lowest BCUT2D eigenvalue weighted by atomic mass is 9.95. The molecule has 3 aromatic rings. The van der Waals surface area contributed by atoms with Crippen molar-refractivity contribution in [2.75, 3.05) is 25.3 Å². The maximum atomic E-state index is 12.8. The Morgan fingerprint density at radius 1 is 1.12 bits per heavy atom. The third kappa shape index (κ3) is 4.75. The summed E-state index contributed by atoms with van der Waals surface area (Å²) in [6.07, 6.45) is 0. The van der Waals surface area contributed by atoms with E-state index < -0.39 is 12.0 Å². The minimum atomic E-state index is -0.526. The summed E-state index contributed by atoms with van der Waals surface area (Å²) in [5, 5.41) is 8.48. The number of aryl methyl sites for hydroxylation is 1. The molecule has 9 heteroatoms. The molecule has 4 rings (SSSR count). The summed E-state index contributed by atoms with van der Waals surface area (Å²) < 4.78 is 18.5. The first-order valence-electron chi connectivity index (χ1n) is 11.0. The van der Waals surface area contributed by atoms with E-state index in [2.05, 4.69) is 34.5 Å². The number of rotatable bonds is 8. The molecule has 0 amide bonds. The number of fused-ring (bicyclic) bond motifs is 1. The average molecular weight is 481 g/mol. The Morgan fingerprint density at radius 3 is 2.56 bits per heavy atom. The van der Waals surface area contributed by atoms with Gasteiger partial charge in [0.2, 0.25) is 11.1 Å². The van der Waals surface area contributed by atoms with Crippen molar-refractivity contribution in [3.05, 3.63) is 70.4 Å². The van der Waals surface area contributed by atoms with E-state index in [1.54, 1.807) is 11.8 Å². The third-order valence-electron chi connectivity index (χ3n) is 5.53. The van der Waals surface area contributed by atoms with Gasteiger partial charge in [0.15, 0.2) is 11.5 Å². The number of nitrogens with zero attached hydrogens (tertiary/aromatic N) is 3. The van der Waals surface area contributed by atoms with Gasteiger partial charge in [0.05, 0.1) is 19.8 Å². The molecule has 1 aliphatic rings. The van der Waals surface area contributed by atoms with Crippen LogP contribution in [0.4, 0.5) is 5.95 Å². The summed E-state index contributed by atoms with van der Waals surface area (Å²) in [6, 6.07) is 13.3. The lowest BCUT2D eigenvalue weighted by Gasteiger charge is -2.28. The number of anilines is 1. The number of carbonyl (C=O) groups excluding carboxylic acids is 1. The maximum Gasteiger partial charge on any atom is 0.338 e. The number of allylic oxidation sites excluding steroid dienone is 1. The summed E-state index contributed by atoms with van der Waals surface area (Å²) >= 11 is 1.54. The van der Waals surface area contributed by atoms with Crippen LogP contribution in [0.1, 0.15) is 36.6 Å². The molecule has 2 heterocycles. The van der Waals surface area contributed by atoms with Gasteiger partial charge in [-0.2, -0.15) is 4.98 Å². The van der Waals surface area contributed by atoms with Crippen LogP contribution in [-0.4, -0.2) is 40.7 Å². The molecule has 0 radical (unpaired) electrons. The number of hydrogen-bond donors (Lipinski definition) is 1. The molecule has 1 N–H and O–H groups in total. The largest absolute Gasteiger partial charge is 0.493 e. The molecule has 1 atom stereocenters. The fourth-order valence-electron chi connectivity index (χ4n) is 3.82. The minimum Gasteiger partial charge on any atom is -0.493 e. The fourth-order valence-corrected chi connectivity index (χ4v) is 4.38. The SMILES string of the molecule is CCSc1nc2n(n1)C(c1ccc(OCc3ccc(C)cc3)c(OC)c1)C(C(=O)OC)=C(C)N2. The van der Waals surface area contributed by atoms with Crippen molar-refractivity contribution >= 4 is 23.7 Å². The average Bonchev–Trinajstić information content (AvgIpc) is 3.24. The van der Waals surface area contributed by atoms with E-state index in [0.29, 0.717) is 40.5 Å². The van der Waals surface area contributed by atoms with Gasteiger partial charge in [-0.3, -0.25) is 0 Å². The third-order valence-corrected chi connectivity index (χ3v) is 6.25. The van der Waals surface area contributed by atoms with E-state index in [9.17, 15) is 4.79 Å². The molecule has 0 spiro atoms. The van der Waals surface area contributed by atoms with Crippen molar-refractivity contribution in [3.63, 3.8) is 0 Å². The smallest absolute Gasteiger partial charge is 0.338 e. The van der Waals surface area contributed by atoms with Gasteiger partial charge >= 0.3 is 5.97 Å². The molecule has 0 bridgehead atoms. The molecular formula is C25H28N4O4S. The summed E-state index contributed by atoms with van der Waals surface area (Å²) in [5.41, 5.74) is 4.20. The van der Waals surface area contributed by atoms with Crippen LogP contribution in [0.25, 0.3) is 0 Å². The standard InChI is InChI=1S/C25H28N4O4S/c1-6-34-25-27-24-26-16(3)21(23(30)32-5)22(29(24)28-25)18-11-12-19(20(13-18)31-4)33-14-17-9-7-15(2)8-10-17/h7-13,22H,6,14H2,1-5H3,(H,26,27,28). The Labute approximate surface area is 203 Å². The number of hydrogen-bond acceptors (Lipinski definition) is 8. The van der Waals surface area contributed by atoms with E-state index in [1.165, 1.54) is 24.4 Å². The van der Waals surface area contributed by atoms with Crippen molar-refractivity contribution in [3.8, 4) is 11.5 Å². The van der Waals surface area contributed by atoms with E-state index in [1.807, 2.05) is 44.2 Å². The van der Waals surface area contributed by atoms with Crippen LogP contribution in [0.15, 0.2) is 58.9 Å².